The van der Waals surface area contributed by atoms with Crippen molar-refractivity contribution in [2.45, 2.75) is 0 Å². The summed E-state index contributed by atoms with van der Waals surface area (Å²) in [6.07, 6.45) is 0. The van der Waals surface area contributed by atoms with Crippen LogP contribution in [0.15, 0.2) is 36.4 Å². The normalized spacial score (nSPS) is 10.0. The van der Waals surface area contributed by atoms with E-state index in [4.69, 9.17) is 30.5 Å². The van der Waals surface area contributed by atoms with Gasteiger partial charge in [0.05, 0.1) is 21.3 Å². The molecule has 2 aromatic carbocycles. The van der Waals surface area contributed by atoms with Gasteiger partial charge in [0.1, 0.15) is 11.3 Å². The van der Waals surface area contributed by atoms with Gasteiger partial charge in [0.2, 0.25) is 5.75 Å². The highest BCUT2D eigenvalue weighted by Gasteiger charge is 2.22. The maximum atomic E-state index is 12.3. The van der Waals surface area contributed by atoms with E-state index >= 15 is 0 Å². The summed E-state index contributed by atoms with van der Waals surface area (Å²) in [5.74, 6) is 0.785. The number of benzene rings is 2. The average Bonchev–Trinajstić information content (AvgIpc) is 2.53. The topological polar surface area (TPSA) is 54.0 Å². The summed E-state index contributed by atoms with van der Waals surface area (Å²) >= 11 is 5.87. The van der Waals surface area contributed by atoms with Crippen LogP contribution in [-0.4, -0.2) is 27.3 Å². The van der Waals surface area contributed by atoms with E-state index in [0.29, 0.717) is 22.3 Å². The third-order valence-electron chi connectivity index (χ3n) is 2.93. The first-order chi connectivity index (χ1) is 10.6. The summed E-state index contributed by atoms with van der Waals surface area (Å²) < 4.78 is 21.0. The minimum atomic E-state index is -0.583. The van der Waals surface area contributed by atoms with Gasteiger partial charge < -0.3 is 18.9 Å². The van der Waals surface area contributed by atoms with Crippen LogP contribution in [0.4, 0.5) is 0 Å². The van der Waals surface area contributed by atoms with Gasteiger partial charge in [0.25, 0.3) is 0 Å². The molecule has 2 rings (SSSR count). The largest absolute Gasteiger partial charge is 0.493 e. The zero-order chi connectivity index (χ0) is 16.1. The number of hydrogen-bond acceptors (Lipinski definition) is 5. The Morgan fingerprint density at radius 1 is 0.955 bits per heavy atom. The van der Waals surface area contributed by atoms with Crippen LogP contribution in [0.1, 0.15) is 10.4 Å². The van der Waals surface area contributed by atoms with Gasteiger partial charge in [-0.2, -0.15) is 0 Å². The highest BCUT2D eigenvalue weighted by Crippen LogP contribution is 2.40. The molecule has 22 heavy (non-hydrogen) atoms. The lowest BCUT2D eigenvalue weighted by Gasteiger charge is -2.15. The SMILES string of the molecule is COc1ccc(C(=O)Oc2cccc(Cl)c2)c(OC)c1OC. The quantitative estimate of drug-likeness (QED) is 0.622. The van der Waals surface area contributed by atoms with Crippen molar-refractivity contribution in [1.82, 2.24) is 0 Å². The van der Waals surface area contributed by atoms with Gasteiger partial charge in [-0.15, -0.1) is 0 Å². The maximum absolute atomic E-state index is 12.3. The fourth-order valence-corrected chi connectivity index (χ4v) is 2.13. The third-order valence-corrected chi connectivity index (χ3v) is 3.17. The van der Waals surface area contributed by atoms with Crippen molar-refractivity contribution in [2.75, 3.05) is 21.3 Å². The first-order valence-corrected chi connectivity index (χ1v) is 6.75. The monoisotopic (exact) mass is 322 g/mol. The summed E-state index contributed by atoms with van der Waals surface area (Å²) in [4.78, 5) is 12.3. The minimum absolute atomic E-state index is 0.222. The number of methoxy groups -OCH3 is 3. The molecule has 0 aliphatic carbocycles. The maximum Gasteiger partial charge on any atom is 0.347 e. The zero-order valence-electron chi connectivity index (χ0n) is 12.4. The highest BCUT2D eigenvalue weighted by molar-refractivity contribution is 6.30. The number of carbonyl (C=O) groups is 1. The molecular weight excluding hydrogens is 308 g/mol. The summed E-state index contributed by atoms with van der Waals surface area (Å²) in [5, 5.41) is 0.476. The van der Waals surface area contributed by atoms with Gasteiger partial charge in [-0.3, -0.25) is 0 Å². The Labute approximate surface area is 133 Å². The van der Waals surface area contributed by atoms with Crippen LogP contribution in [0.2, 0.25) is 5.02 Å². The van der Waals surface area contributed by atoms with Crippen LogP contribution in [0.5, 0.6) is 23.0 Å². The fourth-order valence-electron chi connectivity index (χ4n) is 1.95. The van der Waals surface area contributed by atoms with Crippen molar-refractivity contribution in [3.8, 4) is 23.0 Å². The number of ether oxygens (including phenoxy) is 4. The van der Waals surface area contributed by atoms with E-state index in [9.17, 15) is 4.79 Å². The third kappa shape index (κ3) is 3.26. The van der Waals surface area contributed by atoms with Crippen LogP contribution in [0, 0.1) is 0 Å². The molecule has 0 bridgehead atoms. The lowest BCUT2D eigenvalue weighted by Crippen LogP contribution is -2.11. The molecule has 2 aromatic rings. The van der Waals surface area contributed by atoms with Crippen LogP contribution in [0.25, 0.3) is 0 Å². The van der Waals surface area contributed by atoms with Crippen LogP contribution < -0.4 is 18.9 Å². The van der Waals surface area contributed by atoms with Crippen molar-refractivity contribution < 1.29 is 23.7 Å². The number of esters is 1. The number of hydrogen-bond donors (Lipinski definition) is 0. The Balaban J connectivity index is 2.37. The summed E-state index contributed by atoms with van der Waals surface area (Å²) in [5.41, 5.74) is 0.222. The molecule has 0 saturated carbocycles. The van der Waals surface area contributed by atoms with Crippen molar-refractivity contribution in [3.63, 3.8) is 0 Å². The minimum Gasteiger partial charge on any atom is -0.493 e. The summed E-state index contributed by atoms with van der Waals surface area (Å²) in [7, 11) is 4.40. The van der Waals surface area contributed by atoms with Crippen molar-refractivity contribution in [1.29, 1.82) is 0 Å². The van der Waals surface area contributed by atoms with Crippen LogP contribution in [-0.2, 0) is 0 Å². The predicted octanol–water partition coefficient (Wildman–Crippen LogP) is 3.59. The first-order valence-electron chi connectivity index (χ1n) is 6.37. The van der Waals surface area contributed by atoms with E-state index in [0.717, 1.165) is 0 Å². The molecule has 0 aliphatic heterocycles. The lowest BCUT2D eigenvalue weighted by molar-refractivity contribution is 0.0730. The van der Waals surface area contributed by atoms with E-state index in [1.165, 1.54) is 21.3 Å². The van der Waals surface area contributed by atoms with Crippen molar-refractivity contribution >= 4 is 17.6 Å². The number of rotatable bonds is 5. The highest BCUT2D eigenvalue weighted by atomic mass is 35.5. The van der Waals surface area contributed by atoms with E-state index in [1.54, 1.807) is 36.4 Å². The zero-order valence-corrected chi connectivity index (χ0v) is 13.1. The second-order valence-corrected chi connectivity index (χ2v) is 4.67. The molecule has 0 unspecified atom stereocenters. The molecule has 0 aromatic heterocycles. The van der Waals surface area contributed by atoms with E-state index in [-0.39, 0.29) is 11.3 Å². The smallest absolute Gasteiger partial charge is 0.347 e. The number of carbonyl (C=O) groups excluding carboxylic acids is 1. The molecule has 6 heteroatoms. The summed E-state index contributed by atoms with van der Waals surface area (Å²) in [6.45, 7) is 0. The Hall–Kier alpha value is -2.40. The molecule has 0 radical (unpaired) electrons. The van der Waals surface area contributed by atoms with Gasteiger partial charge in [0.15, 0.2) is 11.5 Å². The van der Waals surface area contributed by atoms with Gasteiger partial charge >= 0.3 is 5.97 Å². The molecule has 0 fully saturated rings. The van der Waals surface area contributed by atoms with Gasteiger partial charge in [-0.1, -0.05) is 17.7 Å². The Bertz CT molecular complexity index is 684. The molecule has 0 N–H and O–H groups in total. The fraction of sp³-hybridized carbons (Fsp3) is 0.188. The van der Waals surface area contributed by atoms with Gasteiger partial charge in [-0.25, -0.2) is 4.79 Å². The molecule has 0 atom stereocenters. The van der Waals surface area contributed by atoms with E-state index < -0.39 is 5.97 Å². The number of halogens is 1. The Kier molecular flexibility index (Phi) is 5.12. The van der Waals surface area contributed by atoms with E-state index in [1.807, 2.05) is 0 Å². The molecular formula is C16H15ClO5. The Morgan fingerprint density at radius 2 is 1.68 bits per heavy atom. The predicted molar refractivity (Wildman–Crippen MR) is 82.5 cm³/mol. The van der Waals surface area contributed by atoms with Gasteiger partial charge in [-0.05, 0) is 30.3 Å². The second kappa shape index (κ2) is 7.04. The second-order valence-electron chi connectivity index (χ2n) is 4.23. The van der Waals surface area contributed by atoms with Crippen LogP contribution in [0.3, 0.4) is 0 Å². The molecule has 0 saturated heterocycles. The first kappa shape index (κ1) is 16.0. The van der Waals surface area contributed by atoms with Crippen molar-refractivity contribution in [3.05, 3.63) is 47.0 Å². The molecule has 116 valence electrons. The molecule has 5 nitrogen and oxygen atoms in total. The molecule has 0 spiro atoms. The average molecular weight is 323 g/mol. The van der Waals surface area contributed by atoms with Crippen LogP contribution >= 0.6 is 11.6 Å². The molecule has 0 heterocycles. The molecule has 0 aliphatic rings. The summed E-state index contributed by atoms with van der Waals surface area (Å²) in [6, 6.07) is 9.72. The van der Waals surface area contributed by atoms with Crippen molar-refractivity contribution in [2.24, 2.45) is 0 Å². The van der Waals surface area contributed by atoms with Gasteiger partial charge in [0, 0.05) is 5.02 Å². The lowest BCUT2D eigenvalue weighted by atomic mass is 10.1. The Morgan fingerprint density at radius 3 is 2.27 bits per heavy atom. The van der Waals surface area contributed by atoms with E-state index in [2.05, 4.69) is 0 Å². The molecule has 0 amide bonds. The standard InChI is InChI=1S/C16H15ClO5/c1-19-13-8-7-12(14(20-2)15(13)21-3)16(18)22-11-6-4-5-10(17)9-11/h4-9H,1-3H3.